The molecule has 0 unspecified atom stereocenters. The van der Waals surface area contributed by atoms with Crippen LogP contribution in [0.4, 0.5) is 4.79 Å². The molecule has 0 saturated heterocycles. The first-order valence-corrected chi connectivity index (χ1v) is 11.4. The van der Waals surface area contributed by atoms with Crippen LogP contribution in [-0.2, 0) is 19.2 Å². The zero-order valence-corrected chi connectivity index (χ0v) is 19.0. The zero-order valence-electron chi connectivity index (χ0n) is 19.0. The van der Waals surface area contributed by atoms with E-state index in [9.17, 15) is 9.59 Å². The maximum absolute atomic E-state index is 12.1. The number of carbonyl (C=O) groups excluding carboxylic acids is 2. The molecule has 0 atom stereocenters. The molecule has 0 aromatic heterocycles. The molecule has 174 valence electrons. The van der Waals surface area contributed by atoms with Gasteiger partial charge in [-0.25, -0.2) is 4.79 Å². The SMILES string of the molecule is CC1=C(c2c(OCOC(=O)C3CCC3)cccc2C2CCCC2)ON(OC(N)=O)C1(C)C. The van der Waals surface area contributed by atoms with Crippen molar-refractivity contribution in [1.82, 2.24) is 5.23 Å². The summed E-state index contributed by atoms with van der Waals surface area (Å²) in [5.41, 5.74) is 7.32. The summed E-state index contributed by atoms with van der Waals surface area (Å²) in [7, 11) is 0. The van der Waals surface area contributed by atoms with E-state index in [0.29, 0.717) is 17.4 Å². The minimum atomic E-state index is -0.949. The van der Waals surface area contributed by atoms with E-state index in [1.165, 1.54) is 12.8 Å². The fraction of sp³-hybridized carbons (Fsp3) is 0.583. The largest absolute Gasteiger partial charge is 0.457 e. The predicted octanol–water partition coefficient (Wildman–Crippen LogP) is 4.79. The van der Waals surface area contributed by atoms with Crippen molar-refractivity contribution in [2.24, 2.45) is 11.7 Å². The Morgan fingerprint density at radius 2 is 1.88 bits per heavy atom. The lowest BCUT2D eigenvalue weighted by Gasteiger charge is -2.27. The number of benzene rings is 1. The van der Waals surface area contributed by atoms with Gasteiger partial charge < -0.3 is 24.9 Å². The second-order valence-corrected chi connectivity index (χ2v) is 9.33. The van der Waals surface area contributed by atoms with Crippen molar-refractivity contribution < 1.29 is 28.7 Å². The molecule has 0 radical (unpaired) electrons. The fourth-order valence-electron chi connectivity index (χ4n) is 4.53. The molecule has 2 N–H and O–H groups in total. The molecule has 1 aliphatic heterocycles. The number of hydrogen-bond acceptors (Lipinski definition) is 7. The van der Waals surface area contributed by atoms with Crippen LogP contribution in [0.3, 0.4) is 0 Å². The Hall–Kier alpha value is -2.74. The quantitative estimate of drug-likeness (QED) is 0.477. The van der Waals surface area contributed by atoms with E-state index in [1.54, 1.807) is 0 Å². The van der Waals surface area contributed by atoms with E-state index in [0.717, 1.165) is 54.0 Å². The number of rotatable bonds is 7. The second-order valence-electron chi connectivity index (χ2n) is 9.33. The molecule has 8 heteroatoms. The molecule has 2 fully saturated rings. The number of amides is 1. The summed E-state index contributed by atoms with van der Waals surface area (Å²) >= 11 is 0. The Morgan fingerprint density at radius 3 is 2.50 bits per heavy atom. The van der Waals surface area contributed by atoms with Gasteiger partial charge in [0.25, 0.3) is 0 Å². The first-order chi connectivity index (χ1) is 15.3. The van der Waals surface area contributed by atoms with E-state index < -0.39 is 11.6 Å². The Kier molecular flexibility index (Phi) is 6.33. The van der Waals surface area contributed by atoms with E-state index >= 15 is 0 Å². The van der Waals surface area contributed by atoms with Crippen LogP contribution in [0.15, 0.2) is 23.8 Å². The summed E-state index contributed by atoms with van der Waals surface area (Å²) in [5, 5.41) is 1.13. The lowest BCUT2D eigenvalue weighted by atomic mass is 9.86. The Labute approximate surface area is 188 Å². The first-order valence-electron chi connectivity index (χ1n) is 11.4. The number of primary amides is 1. The van der Waals surface area contributed by atoms with Crippen molar-refractivity contribution in [2.45, 2.75) is 77.2 Å². The molecular formula is C24H32N2O6. The van der Waals surface area contributed by atoms with Crippen LogP contribution in [0, 0.1) is 5.92 Å². The lowest BCUT2D eigenvalue weighted by Crippen LogP contribution is -2.42. The molecule has 0 bridgehead atoms. The molecule has 4 rings (SSSR count). The van der Waals surface area contributed by atoms with Gasteiger partial charge in [-0.15, -0.1) is 0 Å². The summed E-state index contributed by atoms with van der Waals surface area (Å²) in [4.78, 5) is 34.7. The van der Waals surface area contributed by atoms with Gasteiger partial charge in [0.15, 0.2) is 5.76 Å². The van der Waals surface area contributed by atoms with Gasteiger partial charge in [0, 0.05) is 5.23 Å². The van der Waals surface area contributed by atoms with Gasteiger partial charge in [-0.3, -0.25) is 4.79 Å². The predicted molar refractivity (Wildman–Crippen MR) is 117 cm³/mol. The summed E-state index contributed by atoms with van der Waals surface area (Å²) in [6.07, 6.45) is 6.41. The van der Waals surface area contributed by atoms with Gasteiger partial charge in [-0.05, 0) is 69.6 Å². The highest BCUT2D eigenvalue weighted by atomic mass is 17.0. The Morgan fingerprint density at radius 1 is 1.16 bits per heavy atom. The summed E-state index contributed by atoms with van der Waals surface area (Å²) in [5.74, 6) is 1.30. The van der Waals surface area contributed by atoms with Gasteiger partial charge >= 0.3 is 12.1 Å². The molecule has 3 aliphatic rings. The van der Waals surface area contributed by atoms with Crippen LogP contribution < -0.4 is 10.5 Å². The third-order valence-electron chi connectivity index (χ3n) is 7.00. The number of hydroxylamine groups is 2. The molecule has 32 heavy (non-hydrogen) atoms. The highest BCUT2D eigenvalue weighted by molar-refractivity contribution is 5.75. The van der Waals surface area contributed by atoms with E-state index in [4.69, 9.17) is 24.9 Å². The normalized spacial score (nSPS) is 21.2. The van der Waals surface area contributed by atoms with Gasteiger partial charge in [-0.1, -0.05) is 31.4 Å². The first kappa shape index (κ1) is 22.5. The maximum atomic E-state index is 12.1. The summed E-state index contributed by atoms with van der Waals surface area (Å²) in [6, 6.07) is 5.89. The van der Waals surface area contributed by atoms with Crippen molar-refractivity contribution in [3.63, 3.8) is 0 Å². The standard InChI is InChI=1S/C24H32N2O6/c1-15-21(31-26(24(15,2)3)32-23(25)28)20-18(16-8-4-5-9-16)12-7-13-19(20)29-14-30-22(27)17-10-6-11-17/h7,12-13,16-17H,4-6,8-11,14H2,1-3H3,(H2,25,28). The van der Waals surface area contributed by atoms with E-state index in [-0.39, 0.29) is 18.7 Å². The van der Waals surface area contributed by atoms with Crippen molar-refractivity contribution in [2.75, 3.05) is 6.79 Å². The topological polar surface area (TPSA) is 100 Å². The number of hydrogen-bond donors (Lipinski definition) is 1. The minimum Gasteiger partial charge on any atom is -0.457 e. The highest BCUT2D eigenvalue weighted by Gasteiger charge is 2.45. The number of carbonyl (C=O) groups is 2. The molecule has 1 aromatic carbocycles. The van der Waals surface area contributed by atoms with Gasteiger partial charge in [0.05, 0.1) is 11.5 Å². The van der Waals surface area contributed by atoms with Crippen molar-refractivity contribution >= 4 is 17.8 Å². The molecule has 1 amide bonds. The third kappa shape index (κ3) is 4.28. The second kappa shape index (κ2) is 9.02. The molecule has 8 nitrogen and oxygen atoms in total. The minimum absolute atomic E-state index is 0.00804. The molecule has 2 aliphatic carbocycles. The number of esters is 1. The Balaban J connectivity index is 1.64. The van der Waals surface area contributed by atoms with E-state index in [1.807, 2.05) is 32.9 Å². The number of nitrogens with zero attached hydrogens (tertiary/aromatic N) is 1. The van der Waals surface area contributed by atoms with E-state index in [2.05, 4.69) is 6.07 Å². The summed E-state index contributed by atoms with van der Waals surface area (Å²) < 4.78 is 11.3. The Bertz CT molecular complexity index is 915. The number of nitrogens with two attached hydrogens (primary N) is 1. The van der Waals surface area contributed by atoms with Crippen LogP contribution in [0.1, 0.15) is 82.8 Å². The molecule has 0 spiro atoms. The molecule has 1 heterocycles. The van der Waals surface area contributed by atoms with Crippen molar-refractivity contribution in [3.05, 3.63) is 34.9 Å². The molecular weight excluding hydrogens is 412 g/mol. The average Bonchev–Trinajstić information content (AvgIpc) is 3.29. The fourth-order valence-corrected chi connectivity index (χ4v) is 4.53. The molecule has 2 saturated carbocycles. The van der Waals surface area contributed by atoms with Crippen molar-refractivity contribution in [3.8, 4) is 5.75 Å². The molecule has 1 aromatic rings. The number of ether oxygens (including phenoxy) is 2. The third-order valence-corrected chi connectivity index (χ3v) is 7.00. The smallest absolute Gasteiger partial charge is 0.426 e. The lowest BCUT2D eigenvalue weighted by molar-refractivity contribution is -0.320. The highest BCUT2D eigenvalue weighted by Crippen LogP contribution is 2.47. The average molecular weight is 445 g/mol. The van der Waals surface area contributed by atoms with Crippen molar-refractivity contribution in [1.29, 1.82) is 0 Å². The van der Waals surface area contributed by atoms with Gasteiger partial charge in [-0.2, -0.15) is 0 Å². The monoisotopic (exact) mass is 444 g/mol. The van der Waals surface area contributed by atoms with Crippen LogP contribution >= 0.6 is 0 Å². The summed E-state index contributed by atoms with van der Waals surface area (Å²) in [6.45, 7) is 5.55. The van der Waals surface area contributed by atoms with Crippen LogP contribution in [-0.4, -0.2) is 29.6 Å². The van der Waals surface area contributed by atoms with Gasteiger partial charge in [0.1, 0.15) is 11.3 Å². The van der Waals surface area contributed by atoms with Crippen LogP contribution in [0.5, 0.6) is 5.75 Å². The van der Waals surface area contributed by atoms with Crippen LogP contribution in [0.25, 0.3) is 5.76 Å². The zero-order chi connectivity index (χ0) is 22.9. The van der Waals surface area contributed by atoms with Gasteiger partial charge in [0.2, 0.25) is 6.79 Å². The van der Waals surface area contributed by atoms with Crippen LogP contribution in [0.2, 0.25) is 0 Å². The maximum Gasteiger partial charge on any atom is 0.426 e.